The van der Waals surface area contributed by atoms with Crippen molar-refractivity contribution in [2.24, 2.45) is 0 Å². The Kier molecular flexibility index (Phi) is 5.49. The Balaban J connectivity index is 1.65. The Hall–Kier alpha value is -3.55. The van der Waals surface area contributed by atoms with Crippen molar-refractivity contribution in [3.05, 3.63) is 60.2 Å². The van der Waals surface area contributed by atoms with Crippen LogP contribution in [0.2, 0.25) is 0 Å². The second-order valence-corrected chi connectivity index (χ2v) is 6.19. The van der Waals surface area contributed by atoms with E-state index in [1.165, 1.54) is 0 Å². The van der Waals surface area contributed by atoms with Gasteiger partial charge in [0.25, 0.3) is 11.8 Å². The predicted octanol–water partition coefficient (Wildman–Crippen LogP) is 1.96. The minimum Gasteiger partial charge on any atom is -0.497 e. The summed E-state index contributed by atoms with van der Waals surface area (Å²) in [5, 5.41) is 3.40. The van der Waals surface area contributed by atoms with Crippen LogP contribution in [0.1, 0.15) is 18.9 Å². The molecule has 4 amide bonds. The Labute approximate surface area is 162 Å². The molecule has 3 rings (SSSR count). The topological polar surface area (TPSA) is 97.0 Å². The average molecular weight is 383 g/mol. The Morgan fingerprint density at radius 1 is 1.07 bits per heavy atom. The number of nitrogens with one attached hydrogen (secondary N) is 2. The molecule has 8 nitrogen and oxygen atoms in total. The van der Waals surface area contributed by atoms with E-state index >= 15 is 0 Å². The molecule has 0 bridgehead atoms. The molecule has 0 unspecified atom stereocenters. The SMILES string of the molecule is CC[C@]1(c2ccccc2)NC(=O)N(NC(=O)COc2ccc(OC)cc2)C1=O. The van der Waals surface area contributed by atoms with Crippen LogP contribution < -0.4 is 20.2 Å². The van der Waals surface area contributed by atoms with Crippen LogP contribution in [0.4, 0.5) is 4.79 Å². The summed E-state index contributed by atoms with van der Waals surface area (Å²) < 4.78 is 10.4. The lowest BCUT2D eigenvalue weighted by Gasteiger charge is -2.25. The number of imide groups is 1. The summed E-state index contributed by atoms with van der Waals surface area (Å²) in [6.07, 6.45) is 0.344. The summed E-state index contributed by atoms with van der Waals surface area (Å²) in [4.78, 5) is 37.4. The van der Waals surface area contributed by atoms with Gasteiger partial charge < -0.3 is 14.8 Å². The number of rotatable bonds is 7. The van der Waals surface area contributed by atoms with Gasteiger partial charge in [0.15, 0.2) is 6.61 Å². The number of urea groups is 1. The molecule has 0 aromatic heterocycles. The fraction of sp³-hybridized carbons (Fsp3) is 0.250. The number of carbonyl (C=O) groups is 3. The molecule has 2 aromatic carbocycles. The maximum atomic E-state index is 12.9. The van der Waals surface area contributed by atoms with E-state index in [1.807, 2.05) is 6.07 Å². The van der Waals surface area contributed by atoms with Crippen molar-refractivity contribution in [2.75, 3.05) is 13.7 Å². The highest BCUT2D eigenvalue weighted by atomic mass is 16.5. The van der Waals surface area contributed by atoms with Gasteiger partial charge in [-0.3, -0.25) is 15.0 Å². The highest BCUT2D eigenvalue weighted by Crippen LogP contribution is 2.31. The average Bonchev–Trinajstić information content (AvgIpc) is 2.98. The van der Waals surface area contributed by atoms with E-state index in [0.717, 1.165) is 0 Å². The summed E-state index contributed by atoms with van der Waals surface area (Å²) in [5.74, 6) is -0.0448. The molecule has 1 fully saturated rings. The maximum absolute atomic E-state index is 12.9. The summed E-state index contributed by atoms with van der Waals surface area (Å²) in [5.41, 5.74) is 1.76. The number of hydrogen-bond acceptors (Lipinski definition) is 5. The molecule has 0 radical (unpaired) electrons. The van der Waals surface area contributed by atoms with Gasteiger partial charge in [-0.15, -0.1) is 0 Å². The van der Waals surface area contributed by atoms with E-state index in [-0.39, 0.29) is 6.61 Å². The van der Waals surface area contributed by atoms with Crippen molar-refractivity contribution < 1.29 is 23.9 Å². The van der Waals surface area contributed by atoms with Crippen LogP contribution in [0.5, 0.6) is 11.5 Å². The van der Waals surface area contributed by atoms with E-state index in [1.54, 1.807) is 62.6 Å². The molecule has 1 aliphatic rings. The number of hydrazine groups is 1. The fourth-order valence-electron chi connectivity index (χ4n) is 3.02. The summed E-state index contributed by atoms with van der Waals surface area (Å²) in [6, 6.07) is 14.9. The number of ether oxygens (including phenoxy) is 2. The predicted molar refractivity (Wildman–Crippen MR) is 100 cm³/mol. The van der Waals surface area contributed by atoms with Gasteiger partial charge in [0.2, 0.25) is 0 Å². The molecule has 28 heavy (non-hydrogen) atoms. The lowest BCUT2D eigenvalue weighted by Crippen LogP contribution is -2.49. The maximum Gasteiger partial charge on any atom is 0.344 e. The van der Waals surface area contributed by atoms with Crippen molar-refractivity contribution in [1.82, 2.24) is 15.8 Å². The van der Waals surface area contributed by atoms with Crippen molar-refractivity contribution >= 4 is 17.8 Å². The molecule has 2 N–H and O–H groups in total. The minimum absolute atomic E-state index is 0.344. The van der Waals surface area contributed by atoms with Gasteiger partial charge in [-0.1, -0.05) is 37.3 Å². The van der Waals surface area contributed by atoms with Crippen LogP contribution in [0.15, 0.2) is 54.6 Å². The van der Waals surface area contributed by atoms with Crippen molar-refractivity contribution in [3.63, 3.8) is 0 Å². The van der Waals surface area contributed by atoms with Crippen LogP contribution in [0.3, 0.4) is 0 Å². The van der Waals surface area contributed by atoms with E-state index < -0.39 is 23.4 Å². The lowest BCUT2D eigenvalue weighted by atomic mass is 9.87. The summed E-state index contributed by atoms with van der Waals surface area (Å²) >= 11 is 0. The molecule has 0 saturated carbocycles. The van der Waals surface area contributed by atoms with Gasteiger partial charge in [-0.25, -0.2) is 4.79 Å². The number of hydrogen-bond donors (Lipinski definition) is 2. The van der Waals surface area contributed by atoms with Gasteiger partial charge in [0.05, 0.1) is 7.11 Å². The first-order valence-corrected chi connectivity index (χ1v) is 8.78. The van der Waals surface area contributed by atoms with Crippen LogP contribution in [0, 0.1) is 0 Å². The van der Waals surface area contributed by atoms with Crippen LogP contribution in [-0.4, -0.2) is 36.6 Å². The number of methoxy groups -OCH3 is 1. The normalized spacial score (nSPS) is 18.6. The third-order valence-electron chi connectivity index (χ3n) is 4.55. The molecular formula is C20H21N3O5. The number of nitrogens with zero attached hydrogens (tertiary/aromatic N) is 1. The molecule has 1 saturated heterocycles. The molecular weight excluding hydrogens is 362 g/mol. The zero-order chi connectivity index (χ0) is 20.1. The summed E-state index contributed by atoms with van der Waals surface area (Å²) in [6.45, 7) is 1.44. The molecule has 2 aromatic rings. The third-order valence-corrected chi connectivity index (χ3v) is 4.55. The van der Waals surface area contributed by atoms with Gasteiger partial charge in [-0.05, 0) is 36.2 Å². The molecule has 8 heteroatoms. The van der Waals surface area contributed by atoms with Gasteiger partial charge in [0.1, 0.15) is 17.0 Å². The molecule has 1 atom stereocenters. The van der Waals surface area contributed by atoms with E-state index in [4.69, 9.17) is 9.47 Å². The second-order valence-electron chi connectivity index (χ2n) is 6.19. The zero-order valence-corrected chi connectivity index (χ0v) is 15.6. The number of carbonyl (C=O) groups excluding carboxylic acids is 3. The first kappa shape index (κ1) is 19.2. The van der Waals surface area contributed by atoms with Crippen LogP contribution in [0.25, 0.3) is 0 Å². The van der Waals surface area contributed by atoms with Crippen molar-refractivity contribution in [1.29, 1.82) is 0 Å². The van der Waals surface area contributed by atoms with E-state index in [9.17, 15) is 14.4 Å². The fourth-order valence-corrected chi connectivity index (χ4v) is 3.02. The smallest absolute Gasteiger partial charge is 0.344 e. The Morgan fingerprint density at radius 2 is 1.71 bits per heavy atom. The van der Waals surface area contributed by atoms with Gasteiger partial charge in [-0.2, -0.15) is 5.01 Å². The van der Waals surface area contributed by atoms with E-state index in [2.05, 4.69) is 10.7 Å². The minimum atomic E-state index is -1.21. The van der Waals surface area contributed by atoms with Crippen LogP contribution >= 0.6 is 0 Å². The monoisotopic (exact) mass is 383 g/mol. The van der Waals surface area contributed by atoms with Crippen LogP contribution in [-0.2, 0) is 15.1 Å². The first-order chi connectivity index (χ1) is 13.5. The highest BCUT2D eigenvalue weighted by Gasteiger charge is 2.52. The zero-order valence-electron chi connectivity index (χ0n) is 15.6. The first-order valence-electron chi connectivity index (χ1n) is 8.78. The van der Waals surface area contributed by atoms with Gasteiger partial charge in [0, 0.05) is 0 Å². The molecule has 0 aliphatic carbocycles. The lowest BCUT2D eigenvalue weighted by molar-refractivity contribution is -0.140. The Bertz CT molecular complexity index is 869. The standard InChI is InChI=1S/C20H21N3O5/c1-3-20(14-7-5-4-6-8-14)18(25)23(19(26)21-20)22-17(24)13-28-16-11-9-15(27-2)10-12-16/h4-12H,3,13H2,1-2H3,(H,21,26)(H,22,24)/t20-/m1/s1. The largest absolute Gasteiger partial charge is 0.497 e. The van der Waals surface area contributed by atoms with Gasteiger partial charge >= 0.3 is 6.03 Å². The quantitative estimate of drug-likeness (QED) is 0.713. The second kappa shape index (κ2) is 7.99. The summed E-state index contributed by atoms with van der Waals surface area (Å²) in [7, 11) is 1.55. The Morgan fingerprint density at radius 3 is 2.32 bits per heavy atom. The molecule has 1 heterocycles. The van der Waals surface area contributed by atoms with E-state index in [0.29, 0.717) is 28.5 Å². The third kappa shape index (κ3) is 3.62. The molecule has 146 valence electrons. The molecule has 0 spiro atoms. The number of benzene rings is 2. The van der Waals surface area contributed by atoms with Crippen molar-refractivity contribution in [2.45, 2.75) is 18.9 Å². The molecule has 1 aliphatic heterocycles. The van der Waals surface area contributed by atoms with Crippen molar-refractivity contribution in [3.8, 4) is 11.5 Å². The number of amides is 4. The highest BCUT2D eigenvalue weighted by molar-refractivity contribution is 6.08.